The smallest absolute Gasteiger partial charge is 0.174 e. The average molecular weight is 232 g/mol. The molecule has 17 heavy (non-hydrogen) atoms. The second kappa shape index (κ2) is 4.86. The summed E-state index contributed by atoms with van der Waals surface area (Å²) in [6, 6.07) is 5.62. The number of aromatic nitrogens is 3. The fourth-order valence-corrected chi connectivity index (χ4v) is 1.44. The van der Waals surface area contributed by atoms with E-state index in [1.54, 1.807) is 10.9 Å². The highest BCUT2D eigenvalue weighted by molar-refractivity contribution is 5.58. The number of hydrogen-bond donors (Lipinski definition) is 1. The standard InChI is InChI=1S/C12H16N4O/c1-9(2)17-10-5-4-7-13-12(10)14-11-6-8-16(3)15-11/h4-9H,1-3H3,(H,13,14,15). The molecule has 0 spiro atoms. The Kier molecular flexibility index (Phi) is 3.27. The van der Waals surface area contributed by atoms with Crippen molar-refractivity contribution in [3.05, 3.63) is 30.6 Å². The minimum atomic E-state index is 0.114. The van der Waals surface area contributed by atoms with Crippen molar-refractivity contribution >= 4 is 11.6 Å². The first-order valence-electron chi connectivity index (χ1n) is 5.53. The van der Waals surface area contributed by atoms with Gasteiger partial charge in [0.05, 0.1) is 6.10 Å². The van der Waals surface area contributed by atoms with Gasteiger partial charge < -0.3 is 10.1 Å². The molecule has 5 nitrogen and oxygen atoms in total. The maximum Gasteiger partial charge on any atom is 0.174 e. The van der Waals surface area contributed by atoms with Crippen molar-refractivity contribution in [2.75, 3.05) is 5.32 Å². The number of aryl methyl sites for hydroxylation is 1. The topological polar surface area (TPSA) is 52.0 Å². The van der Waals surface area contributed by atoms with Crippen LogP contribution >= 0.6 is 0 Å². The van der Waals surface area contributed by atoms with Gasteiger partial charge in [-0.05, 0) is 26.0 Å². The molecule has 0 radical (unpaired) electrons. The van der Waals surface area contributed by atoms with Crippen molar-refractivity contribution < 1.29 is 4.74 Å². The molecule has 0 atom stereocenters. The van der Waals surface area contributed by atoms with E-state index in [1.165, 1.54) is 0 Å². The van der Waals surface area contributed by atoms with Crippen LogP contribution in [-0.4, -0.2) is 20.9 Å². The Balaban J connectivity index is 2.20. The van der Waals surface area contributed by atoms with Crippen LogP contribution in [0.2, 0.25) is 0 Å². The average Bonchev–Trinajstić information content (AvgIpc) is 2.66. The Hall–Kier alpha value is -2.04. The Morgan fingerprint density at radius 3 is 2.82 bits per heavy atom. The molecule has 5 heteroatoms. The second-order valence-electron chi connectivity index (χ2n) is 4.02. The van der Waals surface area contributed by atoms with Crippen molar-refractivity contribution in [2.24, 2.45) is 7.05 Å². The Morgan fingerprint density at radius 1 is 1.35 bits per heavy atom. The molecule has 0 saturated carbocycles. The molecule has 0 amide bonds. The van der Waals surface area contributed by atoms with E-state index in [2.05, 4.69) is 15.4 Å². The summed E-state index contributed by atoms with van der Waals surface area (Å²) in [5.74, 6) is 2.16. The highest BCUT2D eigenvalue weighted by Gasteiger charge is 2.07. The summed E-state index contributed by atoms with van der Waals surface area (Å²) in [4.78, 5) is 4.25. The molecule has 0 fully saturated rings. The SMILES string of the molecule is CC(C)Oc1cccnc1Nc1ccn(C)n1. The van der Waals surface area contributed by atoms with Gasteiger partial charge in [-0.15, -0.1) is 0 Å². The molecule has 2 rings (SSSR count). The van der Waals surface area contributed by atoms with E-state index in [0.29, 0.717) is 5.82 Å². The number of ether oxygens (including phenoxy) is 1. The molecular formula is C12H16N4O. The Morgan fingerprint density at radius 2 is 2.18 bits per heavy atom. The van der Waals surface area contributed by atoms with Crippen molar-refractivity contribution in [1.82, 2.24) is 14.8 Å². The number of hydrogen-bond acceptors (Lipinski definition) is 4. The molecule has 0 aromatic carbocycles. The predicted molar refractivity (Wildman–Crippen MR) is 66.5 cm³/mol. The lowest BCUT2D eigenvalue weighted by molar-refractivity contribution is 0.243. The molecule has 0 bridgehead atoms. The second-order valence-corrected chi connectivity index (χ2v) is 4.02. The van der Waals surface area contributed by atoms with Crippen LogP contribution in [0, 0.1) is 0 Å². The van der Waals surface area contributed by atoms with Crippen LogP contribution in [0.4, 0.5) is 11.6 Å². The summed E-state index contributed by atoms with van der Waals surface area (Å²) >= 11 is 0. The van der Waals surface area contributed by atoms with Gasteiger partial charge in [-0.2, -0.15) is 5.10 Å². The van der Waals surface area contributed by atoms with Crippen LogP contribution < -0.4 is 10.1 Å². The fourth-order valence-electron chi connectivity index (χ4n) is 1.44. The van der Waals surface area contributed by atoms with E-state index >= 15 is 0 Å². The van der Waals surface area contributed by atoms with Gasteiger partial charge in [0.1, 0.15) is 0 Å². The third-order valence-corrected chi connectivity index (χ3v) is 2.09. The summed E-state index contributed by atoms with van der Waals surface area (Å²) in [7, 11) is 1.87. The van der Waals surface area contributed by atoms with Crippen molar-refractivity contribution in [3.8, 4) is 5.75 Å². The minimum absolute atomic E-state index is 0.114. The highest BCUT2D eigenvalue weighted by Crippen LogP contribution is 2.24. The molecule has 2 aromatic heterocycles. The number of rotatable bonds is 4. The molecule has 2 aromatic rings. The van der Waals surface area contributed by atoms with E-state index < -0.39 is 0 Å². The summed E-state index contributed by atoms with van der Waals surface area (Å²) in [6.45, 7) is 3.97. The predicted octanol–water partition coefficient (Wildman–Crippen LogP) is 2.35. The van der Waals surface area contributed by atoms with Crippen LogP contribution in [0.15, 0.2) is 30.6 Å². The van der Waals surface area contributed by atoms with E-state index in [-0.39, 0.29) is 6.10 Å². The highest BCUT2D eigenvalue weighted by atomic mass is 16.5. The van der Waals surface area contributed by atoms with Gasteiger partial charge in [0.2, 0.25) is 0 Å². The van der Waals surface area contributed by atoms with Crippen LogP contribution in [0.3, 0.4) is 0 Å². The molecule has 0 aliphatic rings. The van der Waals surface area contributed by atoms with Gasteiger partial charge in [-0.1, -0.05) is 0 Å². The van der Waals surface area contributed by atoms with Gasteiger partial charge in [0, 0.05) is 25.5 Å². The van der Waals surface area contributed by atoms with E-state index in [0.717, 1.165) is 11.6 Å². The van der Waals surface area contributed by atoms with Gasteiger partial charge in [0.25, 0.3) is 0 Å². The fraction of sp³-hybridized carbons (Fsp3) is 0.333. The third kappa shape index (κ3) is 2.96. The molecule has 0 unspecified atom stereocenters. The van der Waals surface area contributed by atoms with Gasteiger partial charge >= 0.3 is 0 Å². The van der Waals surface area contributed by atoms with Crippen molar-refractivity contribution in [2.45, 2.75) is 20.0 Å². The maximum absolute atomic E-state index is 5.66. The molecule has 0 saturated heterocycles. The van der Waals surface area contributed by atoms with Crippen LogP contribution in [0.1, 0.15) is 13.8 Å². The maximum atomic E-state index is 5.66. The van der Waals surface area contributed by atoms with Crippen LogP contribution in [0.25, 0.3) is 0 Å². The molecule has 2 heterocycles. The largest absolute Gasteiger partial charge is 0.487 e. The number of anilines is 2. The summed E-state index contributed by atoms with van der Waals surface area (Å²) < 4.78 is 7.40. The summed E-state index contributed by atoms with van der Waals surface area (Å²) in [5, 5.41) is 7.37. The van der Waals surface area contributed by atoms with E-state index in [9.17, 15) is 0 Å². The summed E-state index contributed by atoms with van der Waals surface area (Å²) in [5.41, 5.74) is 0. The van der Waals surface area contributed by atoms with Gasteiger partial charge in [-0.25, -0.2) is 4.98 Å². The number of pyridine rings is 1. The van der Waals surface area contributed by atoms with Gasteiger partial charge in [0.15, 0.2) is 17.4 Å². The first-order valence-corrected chi connectivity index (χ1v) is 5.53. The zero-order valence-corrected chi connectivity index (χ0v) is 10.2. The van der Waals surface area contributed by atoms with Crippen LogP contribution in [0.5, 0.6) is 5.75 Å². The molecule has 0 aliphatic heterocycles. The first kappa shape index (κ1) is 11.4. The van der Waals surface area contributed by atoms with E-state index in [4.69, 9.17) is 4.74 Å². The first-order chi connectivity index (χ1) is 8.15. The number of nitrogens with one attached hydrogen (secondary N) is 1. The zero-order valence-electron chi connectivity index (χ0n) is 10.2. The van der Waals surface area contributed by atoms with Crippen LogP contribution in [-0.2, 0) is 7.05 Å². The lowest BCUT2D eigenvalue weighted by Crippen LogP contribution is -2.08. The van der Waals surface area contributed by atoms with Crippen molar-refractivity contribution in [1.29, 1.82) is 0 Å². The lowest BCUT2D eigenvalue weighted by atomic mass is 10.4. The Bertz CT molecular complexity index is 493. The molecule has 1 N–H and O–H groups in total. The molecule has 90 valence electrons. The minimum Gasteiger partial charge on any atom is -0.487 e. The molecular weight excluding hydrogens is 216 g/mol. The lowest BCUT2D eigenvalue weighted by Gasteiger charge is -2.13. The zero-order chi connectivity index (χ0) is 12.3. The number of nitrogens with zero attached hydrogens (tertiary/aromatic N) is 3. The van der Waals surface area contributed by atoms with Crippen molar-refractivity contribution in [3.63, 3.8) is 0 Å². The van der Waals surface area contributed by atoms with Gasteiger partial charge in [-0.3, -0.25) is 4.68 Å². The van der Waals surface area contributed by atoms with E-state index in [1.807, 2.05) is 45.3 Å². The monoisotopic (exact) mass is 232 g/mol. The summed E-state index contributed by atoms with van der Waals surface area (Å²) in [6.07, 6.45) is 3.70. The Labute approximate surface area is 100 Å². The molecule has 0 aliphatic carbocycles. The third-order valence-electron chi connectivity index (χ3n) is 2.09. The normalized spacial score (nSPS) is 10.6. The quantitative estimate of drug-likeness (QED) is 0.879.